The molecule has 1 aliphatic heterocycles. The van der Waals surface area contributed by atoms with Crippen LogP contribution < -0.4 is 5.32 Å². The number of halogens is 2. The Labute approximate surface area is 164 Å². The third-order valence-corrected chi connectivity index (χ3v) is 4.29. The molecule has 9 heteroatoms. The second-order valence-corrected chi connectivity index (χ2v) is 6.37. The maximum absolute atomic E-state index is 13.2. The van der Waals surface area contributed by atoms with E-state index in [2.05, 4.69) is 5.32 Å². The summed E-state index contributed by atoms with van der Waals surface area (Å²) in [5.74, 6) is -5.13. The second-order valence-electron chi connectivity index (χ2n) is 6.37. The van der Waals surface area contributed by atoms with Crippen molar-refractivity contribution in [1.82, 2.24) is 4.90 Å². The summed E-state index contributed by atoms with van der Waals surface area (Å²) >= 11 is 0. The highest BCUT2D eigenvalue weighted by Crippen LogP contribution is 2.19. The van der Waals surface area contributed by atoms with Gasteiger partial charge in [0.05, 0.1) is 6.42 Å². The molecule has 1 atom stereocenters. The van der Waals surface area contributed by atoms with Crippen molar-refractivity contribution < 1.29 is 32.7 Å². The fourth-order valence-corrected chi connectivity index (χ4v) is 2.79. The number of nitrogens with zero attached hydrogens (tertiary/aromatic N) is 1. The summed E-state index contributed by atoms with van der Waals surface area (Å²) in [4.78, 5) is 49.6. The topological polar surface area (TPSA) is 92.8 Å². The summed E-state index contributed by atoms with van der Waals surface area (Å²) in [5.41, 5.74) is 0.880. The Morgan fingerprint density at radius 3 is 2.59 bits per heavy atom. The van der Waals surface area contributed by atoms with E-state index in [1.165, 1.54) is 6.92 Å². The first-order valence-corrected chi connectivity index (χ1v) is 8.64. The molecule has 0 spiro atoms. The second kappa shape index (κ2) is 8.17. The molecule has 0 saturated carbocycles. The Hall–Kier alpha value is -3.62. The first-order chi connectivity index (χ1) is 13.8. The third-order valence-electron chi connectivity index (χ3n) is 4.29. The van der Waals surface area contributed by atoms with Gasteiger partial charge in [0, 0.05) is 17.3 Å². The van der Waals surface area contributed by atoms with Crippen LogP contribution >= 0.6 is 0 Å². The molecule has 2 aromatic carbocycles. The van der Waals surface area contributed by atoms with Gasteiger partial charge in [-0.15, -0.1) is 0 Å². The van der Waals surface area contributed by atoms with Gasteiger partial charge in [-0.2, -0.15) is 0 Å². The van der Waals surface area contributed by atoms with E-state index in [9.17, 15) is 28.0 Å². The molecule has 1 heterocycles. The average molecular weight is 402 g/mol. The summed E-state index contributed by atoms with van der Waals surface area (Å²) < 4.78 is 31.1. The molecule has 0 fully saturated rings. The average Bonchev–Trinajstić information content (AvgIpc) is 2.68. The predicted molar refractivity (Wildman–Crippen MR) is 96.7 cm³/mol. The lowest BCUT2D eigenvalue weighted by Crippen LogP contribution is -2.46. The molecular formula is C20H16F2N2O5. The molecular weight excluding hydrogens is 386 g/mol. The molecule has 0 aromatic heterocycles. The Kier molecular flexibility index (Phi) is 5.67. The molecule has 1 aliphatic rings. The largest absolute Gasteiger partial charge is 0.451 e. The lowest BCUT2D eigenvalue weighted by atomic mass is 9.98. The lowest BCUT2D eigenvalue weighted by Gasteiger charge is -2.26. The van der Waals surface area contributed by atoms with Crippen molar-refractivity contribution in [1.29, 1.82) is 0 Å². The number of hydrogen-bond donors (Lipinski definition) is 1. The Bertz CT molecular complexity index is 1010. The van der Waals surface area contributed by atoms with Gasteiger partial charge in [0.25, 0.3) is 11.8 Å². The van der Waals surface area contributed by atoms with Crippen LogP contribution in [0.3, 0.4) is 0 Å². The minimum Gasteiger partial charge on any atom is -0.451 e. The minimum atomic E-state index is -1.29. The standard InChI is InChI=1S/C20H16F2N2O5/c1-11(19(27)23-13-6-7-15(21)16(22)9-13)29-18(26)10-24-17(25)8-12-4-2-3-5-14(12)20(24)28/h2-7,9,11H,8,10H2,1H3,(H,23,27)/t11-/m0/s1. The Balaban J connectivity index is 1.60. The molecule has 0 aliphatic carbocycles. The van der Waals surface area contributed by atoms with Gasteiger partial charge in [-0.05, 0) is 30.7 Å². The van der Waals surface area contributed by atoms with Crippen LogP contribution in [-0.2, 0) is 25.5 Å². The summed E-state index contributed by atoms with van der Waals surface area (Å²) in [6, 6.07) is 9.33. The molecule has 0 saturated heterocycles. The number of hydrogen-bond acceptors (Lipinski definition) is 5. The summed E-state index contributed by atoms with van der Waals surface area (Å²) in [5, 5.41) is 2.28. The molecule has 3 rings (SSSR count). The van der Waals surface area contributed by atoms with Crippen molar-refractivity contribution in [2.75, 3.05) is 11.9 Å². The number of fused-ring (bicyclic) bond motifs is 1. The maximum Gasteiger partial charge on any atom is 0.326 e. The van der Waals surface area contributed by atoms with E-state index in [1.807, 2.05) is 0 Å². The quantitative estimate of drug-likeness (QED) is 0.611. The molecule has 0 radical (unpaired) electrons. The van der Waals surface area contributed by atoms with E-state index in [0.29, 0.717) is 11.1 Å². The number of carbonyl (C=O) groups excluding carboxylic acids is 4. The number of rotatable bonds is 5. The van der Waals surface area contributed by atoms with Crippen molar-refractivity contribution in [2.45, 2.75) is 19.4 Å². The van der Waals surface area contributed by atoms with Crippen LogP contribution in [0, 0.1) is 11.6 Å². The van der Waals surface area contributed by atoms with Crippen molar-refractivity contribution in [3.05, 3.63) is 65.2 Å². The van der Waals surface area contributed by atoms with Crippen LogP contribution in [0.25, 0.3) is 0 Å². The minimum absolute atomic E-state index is 0.0187. The molecule has 1 N–H and O–H groups in total. The van der Waals surface area contributed by atoms with E-state index < -0.39 is 48.0 Å². The number of anilines is 1. The van der Waals surface area contributed by atoms with Gasteiger partial charge in [-0.1, -0.05) is 18.2 Å². The van der Waals surface area contributed by atoms with Crippen LogP contribution in [0.2, 0.25) is 0 Å². The Morgan fingerprint density at radius 1 is 1.14 bits per heavy atom. The van der Waals surface area contributed by atoms with Crippen molar-refractivity contribution in [3.63, 3.8) is 0 Å². The molecule has 150 valence electrons. The van der Waals surface area contributed by atoms with Gasteiger partial charge >= 0.3 is 5.97 Å². The molecule has 0 unspecified atom stereocenters. The number of amides is 3. The third kappa shape index (κ3) is 4.45. The fraction of sp³-hybridized carbons (Fsp3) is 0.200. The van der Waals surface area contributed by atoms with Crippen LogP contribution in [0.4, 0.5) is 14.5 Å². The van der Waals surface area contributed by atoms with Crippen molar-refractivity contribution in [2.24, 2.45) is 0 Å². The van der Waals surface area contributed by atoms with E-state index in [4.69, 9.17) is 4.74 Å². The van der Waals surface area contributed by atoms with E-state index >= 15 is 0 Å². The number of benzene rings is 2. The van der Waals surface area contributed by atoms with Gasteiger partial charge in [-0.3, -0.25) is 24.1 Å². The van der Waals surface area contributed by atoms with Gasteiger partial charge in [0.2, 0.25) is 5.91 Å². The fourth-order valence-electron chi connectivity index (χ4n) is 2.79. The summed E-state index contributed by atoms with van der Waals surface area (Å²) in [6.45, 7) is 0.622. The first-order valence-electron chi connectivity index (χ1n) is 8.64. The van der Waals surface area contributed by atoms with Crippen LogP contribution in [-0.4, -0.2) is 41.2 Å². The van der Waals surface area contributed by atoms with Crippen LogP contribution in [0.1, 0.15) is 22.8 Å². The van der Waals surface area contributed by atoms with E-state index in [0.717, 1.165) is 23.1 Å². The summed E-state index contributed by atoms with van der Waals surface area (Å²) in [7, 11) is 0. The smallest absolute Gasteiger partial charge is 0.326 e. The molecule has 29 heavy (non-hydrogen) atoms. The zero-order chi connectivity index (χ0) is 21.1. The monoisotopic (exact) mass is 402 g/mol. The van der Waals surface area contributed by atoms with E-state index in [-0.39, 0.29) is 12.1 Å². The predicted octanol–water partition coefficient (Wildman–Crippen LogP) is 2.06. The van der Waals surface area contributed by atoms with Gasteiger partial charge in [-0.25, -0.2) is 8.78 Å². The number of ether oxygens (including phenoxy) is 1. The maximum atomic E-state index is 13.2. The lowest BCUT2D eigenvalue weighted by molar-refractivity contribution is -0.155. The zero-order valence-electron chi connectivity index (χ0n) is 15.3. The highest BCUT2D eigenvalue weighted by Gasteiger charge is 2.33. The van der Waals surface area contributed by atoms with Gasteiger partial charge in [0.15, 0.2) is 17.7 Å². The van der Waals surface area contributed by atoms with E-state index in [1.54, 1.807) is 24.3 Å². The number of nitrogens with one attached hydrogen (secondary N) is 1. The molecule has 3 amide bonds. The van der Waals surface area contributed by atoms with Crippen LogP contribution in [0.15, 0.2) is 42.5 Å². The molecule has 0 bridgehead atoms. The Morgan fingerprint density at radius 2 is 1.86 bits per heavy atom. The summed E-state index contributed by atoms with van der Waals surface area (Å²) in [6.07, 6.45) is -1.32. The number of carbonyl (C=O) groups is 4. The first kappa shape index (κ1) is 20.1. The number of imide groups is 1. The van der Waals surface area contributed by atoms with Crippen LogP contribution in [0.5, 0.6) is 0 Å². The normalized spacial score (nSPS) is 14.2. The van der Waals surface area contributed by atoms with Crippen molar-refractivity contribution in [3.8, 4) is 0 Å². The molecule has 2 aromatic rings. The molecule has 7 nitrogen and oxygen atoms in total. The van der Waals surface area contributed by atoms with Gasteiger partial charge in [0.1, 0.15) is 6.54 Å². The zero-order valence-corrected chi connectivity index (χ0v) is 15.3. The highest BCUT2D eigenvalue weighted by atomic mass is 19.2. The van der Waals surface area contributed by atoms with Gasteiger partial charge < -0.3 is 10.1 Å². The number of esters is 1. The van der Waals surface area contributed by atoms with Crippen molar-refractivity contribution >= 4 is 29.4 Å². The highest BCUT2D eigenvalue weighted by molar-refractivity contribution is 6.11. The SMILES string of the molecule is C[C@H](OC(=O)CN1C(=O)Cc2ccccc2C1=O)C(=O)Nc1ccc(F)c(F)c1.